The van der Waals surface area contributed by atoms with Crippen molar-refractivity contribution in [1.29, 1.82) is 0 Å². The monoisotopic (exact) mass is 332 g/mol. The van der Waals surface area contributed by atoms with Gasteiger partial charge in [-0.2, -0.15) is 0 Å². The molecule has 0 unspecified atom stereocenters. The van der Waals surface area contributed by atoms with Crippen LogP contribution in [0.4, 0.5) is 4.39 Å². The number of aryl methyl sites for hydroxylation is 2. The maximum absolute atomic E-state index is 13.6. The first-order chi connectivity index (χ1) is 12.3. The molecule has 0 atom stereocenters. The molecule has 0 amide bonds. The highest BCUT2D eigenvalue weighted by Crippen LogP contribution is 2.19. The minimum Gasteiger partial charge on any atom is -0.346 e. The van der Waals surface area contributed by atoms with Crippen molar-refractivity contribution in [2.45, 2.75) is 19.3 Å². The van der Waals surface area contributed by atoms with Crippen LogP contribution in [0.1, 0.15) is 22.5 Å². The summed E-state index contributed by atoms with van der Waals surface area (Å²) in [4.78, 5) is 16.1. The first kappa shape index (κ1) is 15.4. The zero-order chi connectivity index (χ0) is 17.1. The van der Waals surface area contributed by atoms with E-state index in [9.17, 15) is 4.39 Å². The average Bonchev–Trinajstić information content (AvgIpc) is 3.05. The first-order valence-corrected chi connectivity index (χ1v) is 8.24. The Hall–Kier alpha value is -3.08. The van der Waals surface area contributed by atoms with Gasteiger partial charge in [-0.1, -0.05) is 6.07 Å². The van der Waals surface area contributed by atoms with Crippen LogP contribution < -0.4 is 0 Å². The van der Waals surface area contributed by atoms with Crippen LogP contribution in [0.2, 0.25) is 0 Å². The molecule has 25 heavy (non-hydrogen) atoms. The lowest BCUT2D eigenvalue weighted by Gasteiger charge is -2.04. The van der Waals surface area contributed by atoms with Gasteiger partial charge in [-0.05, 0) is 54.3 Å². The first-order valence-electron chi connectivity index (χ1n) is 8.24. The molecule has 0 aromatic carbocycles. The van der Waals surface area contributed by atoms with Crippen molar-refractivity contribution in [1.82, 2.24) is 19.9 Å². The predicted molar refractivity (Wildman–Crippen MR) is 94.7 cm³/mol. The van der Waals surface area contributed by atoms with Crippen LogP contribution in [0.5, 0.6) is 0 Å². The van der Waals surface area contributed by atoms with Crippen molar-refractivity contribution in [3.05, 3.63) is 89.5 Å². The number of rotatable bonds is 5. The molecular formula is C20H17FN4. The molecular weight excluding hydrogens is 315 g/mol. The summed E-state index contributed by atoms with van der Waals surface area (Å²) in [7, 11) is 0. The minimum absolute atomic E-state index is 0.257. The predicted octanol–water partition coefficient (Wildman–Crippen LogP) is 3.87. The van der Waals surface area contributed by atoms with E-state index in [1.165, 1.54) is 11.6 Å². The summed E-state index contributed by atoms with van der Waals surface area (Å²) in [5.74, 6) is -0.257. The van der Waals surface area contributed by atoms with Crippen LogP contribution in [0.15, 0.2) is 61.2 Å². The van der Waals surface area contributed by atoms with Crippen LogP contribution in [-0.2, 0) is 19.3 Å². The van der Waals surface area contributed by atoms with Gasteiger partial charge >= 0.3 is 0 Å². The molecule has 0 fully saturated rings. The van der Waals surface area contributed by atoms with E-state index >= 15 is 0 Å². The van der Waals surface area contributed by atoms with E-state index in [4.69, 9.17) is 0 Å². The zero-order valence-electron chi connectivity index (χ0n) is 13.6. The third-order valence-corrected chi connectivity index (χ3v) is 4.27. The van der Waals surface area contributed by atoms with Crippen LogP contribution in [0.3, 0.4) is 0 Å². The summed E-state index contributed by atoms with van der Waals surface area (Å²) in [6.07, 6.45) is 9.30. The number of pyridine rings is 3. The maximum Gasteiger partial charge on any atom is 0.144 e. The standard InChI is InChI=1S/C20H17FN4/c21-18-4-2-9-22-19(18)8-7-16-6-5-14(12-24-16)11-15-13-25-20-17(15)3-1-10-23-20/h1-6,9-10,12-13H,7-8,11H2,(H,23,25). The SMILES string of the molecule is Fc1cccnc1CCc1ccc(Cc2c[nH]c3ncccc23)cn1. The van der Waals surface area contributed by atoms with E-state index < -0.39 is 0 Å². The fraction of sp³-hybridized carbons (Fsp3) is 0.150. The second kappa shape index (κ2) is 6.81. The largest absolute Gasteiger partial charge is 0.346 e. The summed E-state index contributed by atoms with van der Waals surface area (Å²) in [6, 6.07) is 11.1. The molecule has 0 aliphatic rings. The summed E-state index contributed by atoms with van der Waals surface area (Å²) in [6.45, 7) is 0. The molecule has 0 bridgehead atoms. The highest BCUT2D eigenvalue weighted by Gasteiger charge is 2.07. The van der Waals surface area contributed by atoms with Crippen LogP contribution in [0.25, 0.3) is 11.0 Å². The molecule has 4 aromatic rings. The molecule has 5 heteroatoms. The molecule has 4 nitrogen and oxygen atoms in total. The molecule has 0 radical (unpaired) electrons. The second-order valence-electron chi connectivity index (χ2n) is 5.98. The highest BCUT2D eigenvalue weighted by molar-refractivity contribution is 5.79. The fourth-order valence-electron chi connectivity index (χ4n) is 2.94. The van der Waals surface area contributed by atoms with Gasteiger partial charge in [-0.25, -0.2) is 9.37 Å². The van der Waals surface area contributed by atoms with E-state index in [0.717, 1.165) is 28.7 Å². The van der Waals surface area contributed by atoms with Gasteiger partial charge in [0.15, 0.2) is 0 Å². The van der Waals surface area contributed by atoms with Crippen molar-refractivity contribution < 1.29 is 4.39 Å². The van der Waals surface area contributed by atoms with Crippen LogP contribution in [0, 0.1) is 5.82 Å². The molecule has 0 spiro atoms. The number of halogens is 1. The van der Waals surface area contributed by atoms with Gasteiger partial charge in [0.1, 0.15) is 11.5 Å². The van der Waals surface area contributed by atoms with Crippen molar-refractivity contribution in [2.75, 3.05) is 0 Å². The molecule has 124 valence electrons. The van der Waals surface area contributed by atoms with E-state index in [0.29, 0.717) is 18.5 Å². The Morgan fingerprint density at radius 2 is 1.80 bits per heavy atom. The Balaban J connectivity index is 1.44. The fourth-order valence-corrected chi connectivity index (χ4v) is 2.94. The van der Waals surface area contributed by atoms with Gasteiger partial charge in [-0.3, -0.25) is 9.97 Å². The maximum atomic E-state index is 13.6. The van der Waals surface area contributed by atoms with Crippen molar-refractivity contribution >= 4 is 11.0 Å². The Kier molecular flexibility index (Phi) is 4.21. The van der Waals surface area contributed by atoms with Crippen LogP contribution in [-0.4, -0.2) is 19.9 Å². The number of aromatic amines is 1. The summed E-state index contributed by atoms with van der Waals surface area (Å²) in [5, 5.41) is 1.14. The van der Waals surface area contributed by atoms with E-state index in [2.05, 4.69) is 32.1 Å². The molecule has 0 aliphatic heterocycles. The Morgan fingerprint density at radius 1 is 0.920 bits per heavy atom. The summed E-state index contributed by atoms with van der Waals surface area (Å²) in [5.41, 5.74) is 4.67. The molecule has 0 saturated heterocycles. The van der Waals surface area contributed by atoms with Gasteiger partial charge in [-0.15, -0.1) is 0 Å². The number of nitrogens with one attached hydrogen (secondary N) is 1. The van der Waals surface area contributed by atoms with E-state index in [1.807, 2.05) is 24.5 Å². The van der Waals surface area contributed by atoms with Gasteiger partial charge in [0.05, 0.1) is 5.69 Å². The third kappa shape index (κ3) is 3.40. The molecule has 4 aromatic heterocycles. The van der Waals surface area contributed by atoms with E-state index in [1.54, 1.807) is 18.5 Å². The van der Waals surface area contributed by atoms with E-state index in [-0.39, 0.29) is 5.82 Å². The Morgan fingerprint density at radius 3 is 2.64 bits per heavy atom. The number of hydrogen-bond acceptors (Lipinski definition) is 3. The van der Waals surface area contributed by atoms with Crippen LogP contribution >= 0.6 is 0 Å². The van der Waals surface area contributed by atoms with Gasteiger partial charge < -0.3 is 4.98 Å². The van der Waals surface area contributed by atoms with Gasteiger partial charge in [0.25, 0.3) is 0 Å². The summed E-state index contributed by atoms with van der Waals surface area (Å²) < 4.78 is 13.6. The average molecular weight is 332 g/mol. The smallest absolute Gasteiger partial charge is 0.144 e. The quantitative estimate of drug-likeness (QED) is 0.603. The van der Waals surface area contributed by atoms with Crippen molar-refractivity contribution in [2.24, 2.45) is 0 Å². The molecule has 0 aliphatic carbocycles. The molecule has 0 saturated carbocycles. The third-order valence-electron chi connectivity index (χ3n) is 4.27. The molecule has 1 N–H and O–H groups in total. The van der Waals surface area contributed by atoms with Crippen molar-refractivity contribution in [3.8, 4) is 0 Å². The topological polar surface area (TPSA) is 54.5 Å². The lowest BCUT2D eigenvalue weighted by molar-refractivity contribution is 0.596. The highest BCUT2D eigenvalue weighted by atomic mass is 19.1. The number of H-pyrrole nitrogens is 1. The zero-order valence-corrected chi connectivity index (χ0v) is 13.6. The molecule has 4 rings (SSSR count). The van der Waals surface area contributed by atoms with Gasteiger partial charge in [0, 0.05) is 42.3 Å². The minimum atomic E-state index is -0.257. The Bertz CT molecular complexity index is 992. The second-order valence-corrected chi connectivity index (χ2v) is 5.98. The summed E-state index contributed by atoms with van der Waals surface area (Å²) >= 11 is 0. The number of hydrogen-bond donors (Lipinski definition) is 1. The number of aromatic nitrogens is 4. The lowest BCUT2D eigenvalue weighted by atomic mass is 10.1. The lowest BCUT2D eigenvalue weighted by Crippen LogP contribution is -2.00. The van der Waals surface area contributed by atoms with Crippen molar-refractivity contribution in [3.63, 3.8) is 0 Å². The van der Waals surface area contributed by atoms with Gasteiger partial charge in [0.2, 0.25) is 0 Å². The number of fused-ring (bicyclic) bond motifs is 1. The Labute approximate surface area is 144 Å². The normalized spacial score (nSPS) is 11.1. The number of nitrogens with zero attached hydrogens (tertiary/aromatic N) is 3. The molecule has 4 heterocycles.